The second-order valence-electron chi connectivity index (χ2n) is 5.65. The molecular weight excluding hydrogens is 246 g/mol. The van der Waals surface area contributed by atoms with E-state index >= 15 is 0 Å². The third kappa shape index (κ3) is 2.49. The Kier molecular flexibility index (Phi) is 3.26. The normalized spacial score (nSPS) is 29.1. The van der Waals surface area contributed by atoms with Gasteiger partial charge in [0.25, 0.3) is 0 Å². The molecule has 0 bridgehead atoms. The third-order valence-electron chi connectivity index (χ3n) is 4.40. The minimum Gasteiger partial charge on any atom is -0.481 e. The number of hydrogen-bond donors (Lipinski definition) is 1. The van der Waals surface area contributed by atoms with Gasteiger partial charge in [0, 0.05) is 12.0 Å². The predicted molar refractivity (Wildman–Crippen MR) is 66.7 cm³/mol. The van der Waals surface area contributed by atoms with Crippen LogP contribution in [-0.2, 0) is 4.79 Å². The molecule has 1 aliphatic carbocycles. The highest BCUT2D eigenvalue weighted by molar-refractivity contribution is 5.70. The van der Waals surface area contributed by atoms with Crippen LogP contribution in [0, 0.1) is 12.8 Å². The molecule has 0 unspecified atom stereocenters. The second-order valence-corrected chi connectivity index (χ2v) is 5.65. The Morgan fingerprint density at radius 1 is 1.37 bits per heavy atom. The number of likely N-dealkylation sites (tertiary alicyclic amines) is 1. The van der Waals surface area contributed by atoms with E-state index in [4.69, 9.17) is 9.63 Å². The first-order chi connectivity index (χ1) is 9.13. The SMILES string of the molecule is Cc1noc(C2CC(N3CCC(C(=O)O)CC3)C2)n1. The molecule has 3 rings (SSSR count). The molecule has 1 aliphatic heterocycles. The average molecular weight is 265 g/mol. The molecule has 2 heterocycles. The molecule has 1 saturated carbocycles. The summed E-state index contributed by atoms with van der Waals surface area (Å²) < 4.78 is 5.20. The lowest BCUT2D eigenvalue weighted by atomic mass is 9.78. The Hall–Kier alpha value is -1.43. The average Bonchev–Trinajstić information content (AvgIpc) is 2.74. The number of carbonyl (C=O) groups is 1. The summed E-state index contributed by atoms with van der Waals surface area (Å²) in [5.41, 5.74) is 0. The van der Waals surface area contributed by atoms with Crippen LogP contribution in [0.1, 0.15) is 43.3 Å². The molecule has 0 aromatic carbocycles. The van der Waals surface area contributed by atoms with Gasteiger partial charge in [0.05, 0.1) is 5.92 Å². The summed E-state index contributed by atoms with van der Waals surface area (Å²) in [7, 11) is 0. The van der Waals surface area contributed by atoms with Crippen LogP contribution in [0.3, 0.4) is 0 Å². The van der Waals surface area contributed by atoms with Crippen molar-refractivity contribution >= 4 is 5.97 Å². The quantitative estimate of drug-likeness (QED) is 0.890. The number of aromatic nitrogens is 2. The highest BCUT2D eigenvalue weighted by Gasteiger charge is 2.39. The summed E-state index contributed by atoms with van der Waals surface area (Å²) in [5.74, 6) is 1.05. The summed E-state index contributed by atoms with van der Waals surface area (Å²) in [4.78, 5) is 17.6. The Balaban J connectivity index is 1.48. The van der Waals surface area contributed by atoms with Gasteiger partial charge in [-0.3, -0.25) is 4.79 Å². The van der Waals surface area contributed by atoms with Crippen molar-refractivity contribution in [3.05, 3.63) is 11.7 Å². The number of carboxylic acids is 1. The van der Waals surface area contributed by atoms with Gasteiger partial charge in [0.1, 0.15) is 0 Å². The molecule has 6 nitrogen and oxygen atoms in total. The second kappa shape index (κ2) is 4.92. The first-order valence-electron chi connectivity index (χ1n) is 6.90. The number of nitrogens with zero attached hydrogens (tertiary/aromatic N) is 3. The zero-order chi connectivity index (χ0) is 13.4. The number of hydrogen-bond acceptors (Lipinski definition) is 5. The molecule has 0 radical (unpaired) electrons. The smallest absolute Gasteiger partial charge is 0.306 e. The van der Waals surface area contributed by atoms with Gasteiger partial charge in [-0.15, -0.1) is 0 Å². The standard InChI is InChI=1S/C13H19N3O3/c1-8-14-12(19-15-8)10-6-11(7-10)16-4-2-9(3-5-16)13(17)18/h9-11H,2-7H2,1H3,(H,17,18). The Labute approximate surface area is 111 Å². The van der Waals surface area contributed by atoms with Gasteiger partial charge in [0.2, 0.25) is 5.89 Å². The van der Waals surface area contributed by atoms with Gasteiger partial charge in [0.15, 0.2) is 5.82 Å². The van der Waals surface area contributed by atoms with Gasteiger partial charge >= 0.3 is 5.97 Å². The molecular formula is C13H19N3O3. The monoisotopic (exact) mass is 265 g/mol. The van der Waals surface area contributed by atoms with Crippen LogP contribution in [0.25, 0.3) is 0 Å². The molecule has 1 saturated heterocycles. The first kappa shape index (κ1) is 12.6. The van der Waals surface area contributed by atoms with E-state index in [0.717, 1.165) is 44.7 Å². The van der Waals surface area contributed by atoms with E-state index in [2.05, 4.69) is 15.0 Å². The van der Waals surface area contributed by atoms with Crippen molar-refractivity contribution in [2.45, 2.75) is 44.6 Å². The van der Waals surface area contributed by atoms with E-state index in [1.54, 1.807) is 0 Å². The maximum absolute atomic E-state index is 10.9. The summed E-state index contributed by atoms with van der Waals surface area (Å²) in [6.45, 7) is 3.63. The molecule has 0 spiro atoms. The van der Waals surface area contributed by atoms with Crippen LogP contribution in [0.5, 0.6) is 0 Å². The number of piperidine rings is 1. The van der Waals surface area contributed by atoms with Gasteiger partial charge < -0.3 is 14.5 Å². The van der Waals surface area contributed by atoms with Crippen molar-refractivity contribution in [3.63, 3.8) is 0 Å². The molecule has 104 valence electrons. The molecule has 19 heavy (non-hydrogen) atoms. The van der Waals surface area contributed by atoms with Crippen LogP contribution < -0.4 is 0 Å². The van der Waals surface area contributed by atoms with Crippen LogP contribution in [0.2, 0.25) is 0 Å². The largest absolute Gasteiger partial charge is 0.481 e. The minimum atomic E-state index is -0.646. The number of carboxylic acid groups (broad SMARTS) is 1. The summed E-state index contributed by atoms with van der Waals surface area (Å²) >= 11 is 0. The molecule has 1 N–H and O–H groups in total. The molecule has 1 aromatic heterocycles. The lowest BCUT2D eigenvalue weighted by molar-refractivity contribution is -0.143. The van der Waals surface area contributed by atoms with Crippen molar-refractivity contribution in [2.75, 3.05) is 13.1 Å². The maximum Gasteiger partial charge on any atom is 0.306 e. The predicted octanol–water partition coefficient (Wildman–Crippen LogP) is 1.42. The zero-order valence-electron chi connectivity index (χ0n) is 11.1. The lowest BCUT2D eigenvalue weighted by Gasteiger charge is -2.44. The highest BCUT2D eigenvalue weighted by Crippen LogP contribution is 2.40. The van der Waals surface area contributed by atoms with E-state index in [1.807, 2.05) is 6.92 Å². The molecule has 2 aliphatic rings. The van der Waals surface area contributed by atoms with Crippen molar-refractivity contribution in [2.24, 2.45) is 5.92 Å². The van der Waals surface area contributed by atoms with E-state index in [-0.39, 0.29) is 5.92 Å². The van der Waals surface area contributed by atoms with E-state index < -0.39 is 5.97 Å². The van der Waals surface area contributed by atoms with E-state index in [9.17, 15) is 4.79 Å². The topological polar surface area (TPSA) is 79.5 Å². The summed E-state index contributed by atoms with van der Waals surface area (Å²) in [6, 6.07) is 0.562. The van der Waals surface area contributed by atoms with Gasteiger partial charge in [-0.25, -0.2) is 0 Å². The Morgan fingerprint density at radius 2 is 2.05 bits per heavy atom. The lowest BCUT2D eigenvalue weighted by Crippen LogP contribution is -2.48. The van der Waals surface area contributed by atoms with Gasteiger partial charge in [-0.05, 0) is 45.7 Å². The van der Waals surface area contributed by atoms with Gasteiger partial charge in [-0.1, -0.05) is 5.16 Å². The Morgan fingerprint density at radius 3 is 2.58 bits per heavy atom. The van der Waals surface area contributed by atoms with Crippen molar-refractivity contribution < 1.29 is 14.4 Å². The van der Waals surface area contributed by atoms with Gasteiger partial charge in [-0.2, -0.15) is 4.98 Å². The van der Waals surface area contributed by atoms with Crippen molar-refractivity contribution in [3.8, 4) is 0 Å². The third-order valence-corrected chi connectivity index (χ3v) is 4.40. The van der Waals surface area contributed by atoms with Crippen molar-refractivity contribution in [1.82, 2.24) is 15.0 Å². The summed E-state index contributed by atoms with van der Waals surface area (Å²) in [5, 5.41) is 12.8. The van der Waals surface area contributed by atoms with Crippen LogP contribution in [-0.4, -0.2) is 45.2 Å². The van der Waals surface area contributed by atoms with Crippen LogP contribution in [0.4, 0.5) is 0 Å². The zero-order valence-corrected chi connectivity index (χ0v) is 11.1. The fourth-order valence-corrected chi connectivity index (χ4v) is 3.08. The molecule has 1 aromatic rings. The molecule has 2 fully saturated rings. The maximum atomic E-state index is 10.9. The number of rotatable bonds is 3. The summed E-state index contributed by atoms with van der Waals surface area (Å²) in [6.07, 6.45) is 3.66. The first-order valence-corrected chi connectivity index (χ1v) is 6.90. The fourth-order valence-electron chi connectivity index (χ4n) is 3.08. The Bertz CT molecular complexity index is 459. The van der Waals surface area contributed by atoms with Crippen molar-refractivity contribution in [1.29, 1.82) is 0 Å². The highest BCUT2D eigenvalue weighted by atomic mass is 16.5. The van der Waals surface area contributed by atoms with Crippen LogP contribution >= 0.6 is 0 Å². The van der Waals surface area contributed by atoms with Crippen LogP contribution in [0.15, 0.2) is 4.52 Å². The number of aryl methyl sites for hydroxylation is 1. The fraction of sp³-hybridized carbons (Fsp3) is 0.769. The minimum absolute atomic E-state index is 0.147. The van der Waals surface area contributed by atoms with E-state index in [0.29, 0.717) is 17.8 Å². The molecule has 6 heteroatoms. The molecule has 0 amide bonds. The molecule has 0 atom stereocenters. The van der Waals surface area contributed by atoms with E-state index in [1.165, 1.54) is 0 Å². The number of aliphatic carboxylic acids is 1.